The van der Waals surface area contributed by atoms with Gasteiger partial charge in [-0.1, -0.05) is 0 Å². The van der Waals surface area contributed by atoms with Gasteiger partial charge >= 0.3 is 0 Å². The van der Waals surface area contributed by atoms with Gasteiger partial charge in [-0.05, 0) is 37.1 Å². The minimum atomic E-state index is -0.148. The third-order valence-corrected chi connectivity index (χ3v) is 2.75. The van der Waals surface area contributed by atoms with Crippen LogP contribution in [0.2, 0.25) is 0 Å². The van der Waals surface area contributed by atoms with Crippen LogP contribution in [0.4, 0.5) is 0 Å². The molecular formula is C9H17N5O. The number of hydrogen-bond acceptors (Lipinski definition) is 5. The highest BCUT2D eigenvalue weighted by atomic mass is 16.5. The monoisotopic (exact) mass is 211 g/mol. The van der Waals surface area contributed by atoms with Crippen LogP contribution in [-0.4, -0.2) is 32.4 Å². The van der Waals surface area contributed by atoms with Gasteiger partial charge in [-0.2, -0.15) is 0 Å². The molecule has 0 bridgehead atoms. The third kappa shape index (κ3) is 2.15. The zero-order valence-corrected chi connectivity index (χ0v) is 9.18. The van der Waals surface area contributed by atoms with E-state index in [0.29, 0.717) is 12.4 Å². The molecule has 1 aliphatic heterocycles. The third-order valence-electron chi connectivity index (χ3n) is 2.75. The van der Waals surface area contributed by atoms with Gasteiger partial charge in [-0.3, -0.25) is 0 Å². The highest BCUT2D eigenvalue weighted by molar-refractivity contribution is 4.90. The number of aromatic nitrogens is 4. The van der Waals surface area contributed by atoms with Crippen LogP contribution in [0.5, 0.6) is 0 Å². The molecule has 0 aromatic carbocycles. The van der Waals surface area contributed by atoms with Crippen molar-refractivity contribution in [3.8, 4) is 0 Å². The first-order valence-electron chi connectivity index (χ1n) is 5.26. The molecule has 1 aromatic rings. The molecule has 2 heterocycles. The average Bonchev–Trinajstić information content (AvgIpc) is 2.75. The lowest BCUT2D eigenvalue weighted by Crippen LogP contribution is -2.31. The highest BCUT2D eigenvalue weighted by Crippen LogP contribution is 2.27. The molecule has 15 heavy (non-hydrogen) atoms. The fraction of sp³-hybridized carbons (Fsp3) is 0.889. The molecule has 0 spiro atoms. The van der Waals surface area contributed by atoms with Gasteiger partial charge in [0.1, 0.15) is 0 Å². The summed E-state index contributed by atoms with van der Waals surface area (Å²) in [5.74, 6) is 0.715. The molecule has 2 atom stereocenters. The number of hydrogen-bond donors (Lipinski definition) is 1. The Morgan fingerprint density at radius 2 is 2.47 bits per heavy atom. The molecule has 6 heteroatoms. The molecule has 1 aromatic heterocycles. The van der Waals surface area contributed by atoms with Gasteiger partial charge < -0.3 is 10.5 Å². The summed E-state index contributed by atoms with van der Waals surface area (Å²) in [7, 11) is 0. The van der Waals surface area contributed by atoms with Crippen LogP contribution in [0.3, 0.4) is 0 Å². The maximum atomic E-state index is 5.77. The smallest absolute Gasteiger partial charge is 0.167 e. The Morgan fingerprint density at radius 3 is 3.07 bits per heavy atom. The van der Waals surface area contributed by atoms with Crippen molar-refractivity contribution in [2.24, 2.45) is 5.73 Å². The predicted octanol–water partition coefficient (Wildman–Crippen LogP) is 0.262. The number of tetrazole rings is 1. The minimum Gasteiger partial charge on any atom is -0.373 e. The standard InChI is InChI=1S/C9H17N5O/c1-7(10)8-11-12-13-14(8)6-9(2)4-3-5-15-9/h7H,3-6,10H2,1-2H3. The van der Waals surface area contributed by atoms with E-state index in [2.05, 4.69) is 22.4 Å². The zero-order valence-electron chi connectivity index (χ0n) is 9.18. The molecule has 2 N–H and O–H groups in total. The second-order valence-electron chi connectivity index (χ2n) is 4.39. The second kappa shape index (κ2) is 3.86. The first kappa shape index (κ1) is 10.5. The molecule has 1 fully saturated rings. The molecule has 1 aliphatic rings. The van der Waals surface area contributed by atoms with Crippen molar-refractivity contribution >= 4 is 0 Å². The molecule has 84 valence electrons. The van der Waals surface area contributed by atoms with Crippen LogP contribution in [0.15, 0.2) is 0 Å². The van der Waals surface area contributed by atoms with Crippen molar-refractivity contribution in [1.82, 2.24) is 20.2 Å². The summed E-state index contributed by atoms with van der Waals surface area (Å²) in [6.07, 6.45) is 2.15. The van der Waals surface area contributed by atoms with E-state index in [4.69, 9.17) is 10.5 Å². The Hall–Kier alpha value is -1.01. The van der Waals surface area contributed by atoms with E-state index >= 15 is 0 Å². The molecule has 0 radical (unpaired) electrons. The quantitative estimate of drug-likeness (QED) is 0.776. The largest absolute Gasteiger partial charge is 0.373 e. The summed E-state index contributed by atoms with van der Waals surface area (Å²) < 4.78 is 7.44. The lowest BCUT2D eigenvalue weighted by molar-refractivity contribution is 0.00234. The van der Waals surface area contributed by atoms with Crippen LogP contribution >= 0.6 is 0 Å². The number of nitrogens with two attached hydrogens (primary N) is 1. The Labute approximate surface area is 88.8 Å². The van der Waals surface area contributed by atoms with Crippen molar-refractivity contribution < 1.29 is 4.74 Å². The van der Waals surface area contributed by atoms with E-state index in [1.165, 1.54) is 0 Å². The summed E-state index contributed by atoms with van der Waals surface area (Å²) in [6.45, 7) is 5.47. The maximum absolute atomic E-state index is 5.77. The van der Waals surface area contributed by atoms with Gasteiger partial charge in [0.15, 0.2) is 5.82 Å². The highest BCUT2D eigenvalue weighted by Gasteiger charge is 2.31. The van der Waals surface area contributed by atoms with Gasteiger partial charge in [0.05, 0.1) is 18.2 Å². The van der Waals surface area contributed by atoms with E-state index in [0.717, 1.165) is 19.4 Å². The van der Waals surface area contributed by atoms with Gasteiger partial charge in [0, 0.05) is 6.61 Å². The lowest BCUT2D eigenvalue weighted by Gasteiger charge is -2.23. The maximum Gasteiger partial charge on any atom is 0.167 e. The van der Waals surface area contributed by atoms with Gasteiger partial charge in [0.25, 0.3) is 0 Å². The van der Waals surface area contributed by atoms with Crippen molar-refractivity contribution in [2.45, 2.75) is 44.9 Å². The van der Waals surface area contributed by atoms with Crippen LogP contribution in [0.1, 0.15) is 38.6 Å². The second-order valence-corrected chi connectivity index (χ2v) is 4.39. The van der Waals surface area contributed by atoms with E-state index in [1.807, 2.05) is 6.92 Å². The van der Waals surface area contributed by atoms with Crippen molar-refractivity contribution in [1.29, 1.82) is 0 Å². The molecule has 1 saturated heterocycles. The molecule has 0 saturated carbocycles. The lowest BCUT2D eigenvalue weighted by atomic mass is 10.0. The first-order chi connectivity index (χ1) is 7.11. The Bertz CT molecular complexity index is 329. The zero-order chi connectivity index (χ0) is 10.9. The molecule has 0 amide bonds. The van der Waals surface area contributed by atoms with E-state index in [9.17, 15) is 0 Å². The summed E-state index contributed by atoms with van der Waals surface area (Å²) in [4.78, 5) is 0. The average molecular weight is 211 g/mol. The molecule has 6 nitrogen and oxygen atoms in total. The summed E-state index contributed by atoms with van der Waals surface area (Å²) in [5, 5.41) is 11.5. The topological polar surface area (TPSA) is 78.9 Å². The van der Waals surface area contributed by atoms with E-state index < -0.39 is 0 Å². The normalized spacial score (nSPS) is 28.2. The summed E-state index contributed by atoms with van der Waals surface area (Å²) in [6, 6.07) is -0.148. The van der Waals surface area contributed by atoms with Crippen molar-refractivity contribution in [3.05, 3.63) is 5.82 Å². The number of ether oxygens (including phenoxy) is 1. The van der Waals surface area contributed by atoms with Crippen LogP contribution in [0.25, 0.3) is 0 Å². The summed E-state index contributed by atoms with van der Waals surface area (Å²) in [5.41, 5.74) is 5.63. The Balaban J connectivity index is 2.13. The van der Waals surface area contributed by atoms with Gasteiger partial charge in [-0.15, -0.1) is 5.10 Å². The van der Waals surface area contributed by atoms with E-state index in [1.54, 1.807) is 4.68 Å². The van der Waals surface area contributed by atoms with Crippen LogP contribution in [-0.2, 0) is 11.3 Å². The Kier molecular flexibility index (Phi) is 2.70. The molecule has 0 aliphatic carbocycles. The van der Waals surface area contributed by atoms with Crippen molar-refractivity contribution in [2.75, 3.05) is 6.61 Å². The van der Waals surface area contributed by atoms with Gasteiger partial charge in [0.2, 0.25) is 0 Å². The SMILES string of the molecule is CC(N)c1nnnn1CC1(C)CCCO1. The van der Waals surface area contributed by atoms with Gasteiger partial charge in [-0.25, -0.2) is 4.68 Å². The Morgan fingerprint density at radius 1 is 1.67 bits per heavy atom. The first-order valence-corrected chi connectivity index (χ1v) is 5.26. The minimum absolute atomic E-state index is 0.140. The van der Waals surface area contributed by atoms with Crippen molar-refractivity contribution in [3.63, 3.8) is 0 Å². The number of nitrogens with zero attached hydrogens (tertiary/aromatic N) is 4. The number of rotatable bonds is 3. The molecular weight excluding hydrogens is 194 g/mol. The fourth-order valence-electron chi connectivity index (χ4n) is 1.93. The van der Waals surface area contributed by atoms with Crippen LogP contribution < -0.4 is 5.73 Å². The molecule has 2 unspecified atom stereocenters. The predicted molar refractivity (Wildman–Crippen MR) is 54.0 cm³/mol. The van der Waals surface area contributed by atoms with E-state index in [-0.39, 0.29) is 11.6 Å². The van der Waals surface area contributed by atoms with Crippen LogP contribution in [0, 0.1) is 0 Å². The summed E-state index contributed by atoms with van der Waals surface area (Å²) >= 11 is 0. The molecule has 2 rings (SSSR count). The fourth-order valence-corrected chi connectivity index (χ4v) is 1.93.